The van der Waals surface area contributed by atoms with Crippen molar-refractivity contribution in [3.8, 4) is 0 Å². The van der Waals surface area contributed by atoms with Crippen molar-refractivity contribution in [2.75, 3.05) is 18.6 Å². The molecule has 0 spiro atoms. The van der Waals surface area contributed by atoms with Gasteiger partial charge in [0.25, 0.3) is 0 Å². The van der Waals surface area contributed by atoms with E-state index >= 15 is 0 Å². The zero-order chi connectivity index (χ0) is 9.54. The Morgan fingerprint density at radius 1 is 1.36 bits per heavy atom. The Hall–Kier alpha value is -1.32. The largest absolute Gasteiger partial charge is 0.342 e. The first-order valence-corrected chi connectivity index (χ1v) is 4.68. The summed E-state index contributed by atoms with van der Waals surface area (Å²) in [7, 11) is 2.01. The van der Waals surface area contributed by atoms with E-state index in [-0.39, 0.29) is 6.23 Å². The van der Waals surface area contributed by atoms with Crippen LogP contribution in [0.3, 0.4) is 0 Å². The predicted octanol–water partition coefficient (Wildman–Crippen LogP) is 1.81. The summed E-state index contributed by atoms with van der Waals surface area (Å²) < 4.78 is 0. The molecule has 0 fully saturated rings. The molecule has 3 rings (SSSR count). The highest BCUT2D eigenvalue weighted by molar-refractivity contribution is 5.86. The van der Waals surface area contributed by atoms with Crippen LogP contribution in [-0.4, -0.2) is 19.9 Å². The highest BCUT2D eigenvalue weighted by atomic mass is 17.2. The second-order valence-corrected chi connectivity index (χ2v) is 3.52. The summed E-state index contributed by atoms with van der Waals surface area (Å²) in [6, 6.07) is 8.30. The first-order valence-electron chi connectivity index (χ1n) is 4.68. The Labute approximate surface area is 82.5 Å². The summed E-state index contributed by atoms with van der Waals surface area (Å²) in [5.74, 6) is 0. The lowest BCUT2D eigenvalue weighted by molar-refractivity contribution is -0.307. The maximum Gasteiger partial charge on any atom is 0.191 e. The fraction of sp³-hybridized carbons (Fsp3) is 0.273. The molecule has 3 nitrogen and oxygen atoms in total. The average Bonchev–Trinajstić information content (AvgIpc) is 2.55. The van der Waals surface area contributed by atoms with Crippen LogP contribution >= 0.6 is 0 Å². The third-order valence-corrected chi connectivity index (χ3v) is 2.74. The maximum atomic E-state index is 5.25. The molecule has 0 aromatic heterocycles. The third kappa shape index (κ3) is 0.937. The number of anilines is 1. The van der Waals surface area contributed by atoms with Gasteiger partial charge in [0, 0.05) is 23.9 Å². The Bertz CT molecular complexity index is 400. The van der Waals surface area contributed by atoms with Crippen molar-refractivity contribution in [1.82, 2.24) is 0 Å². The van der Waals surface area contributed by atoms with Crippen molar-refractivity contribution in [3.63, 3.8) is 0 Å². The van der Waals surface area contributed by atoms with E-state index in [2.05, 4.69) is 23.1 Å². The van der Waals surface area contributed by atoms with E-state index in [4.69, 9.17) is 9.78 Å². The highest BCUT2D eigenvalue weighted by Gasteiger charge is 2.34. The van der Waals surface area contributed by atoms with Gasteiger partial charge in [-0.15, -0.1) is 0 Å². The summed E-state index contributed by atoms with van der Waals surface area (Å²) in [6.07, 6.45) is 2.01. The van der Waals surface area contributed by atoms with Gasteiger partial charge in [-0.2, -0.15) is 0 Å². The summed E-state index contributed by atoms with van der Waals surface area (Å²) in [4.78, 5) is 12.3. The van der Waals surface area contributed by atoms with Crippen LogP contribution in [-0.2, 0) is 9.78 Å². The number of nitrogens with zero attached hydrogens (tertiary/aromatic N) is 1. The fourth-order valence-electron chi connectivity index (χ4n) is 2.05. The molecule has 1 aromatic carbocycles. The molecular weight excluding hydrogens is 178 g/mol. The molecule has 0 radical (unpaired) electrons. The van der Waals surface area contributed by atoms with Crippen molar-refractivity contribution in [2.24, 2.45) is 0 Å². The Kier molecular flexibility index (Phi) is 1.63. The summed E-state index contributed by atoms with van der Waals surface area (Å²) in [6.45, 7) is 0.536. The molecule has 14 heavy (non-hydrogen) atoms. The van der Waals surface area contributed by atoms with E-state index in [1.54, 1.807) is 0 Å². The van der Waals surface area contributed by atoms with Crippen molar-refractivity contribution >= 4 is 11.3 Å². The van der Waals surface area contributed by atoms with Crippen LogP contribution in [0.2, 0.25) is 0 Å². The zero-order valence-electron chi connectivity index (χ0n) is 7.93. The molecule has 1 atom stereocenters. The number of likely N-dealkylation sites (N-methyl/N-ethyl adjacent to an activating group) is 1. The minimum absolute atomic E-state index is 0.0684. The molecule has 0 unspecified atom stereocenters. The lowest BCUT2D eigenvalue weighted by atomic mass is 10.1. The number of benzene rings is 1. The topological polar surface area (TPSA) is 21.7 Å². The van der Waals surface area contributed by atoms with Gasteiger partial charge in [-0.3, -0.25) is 0 Å². The lowest BCUT2D eigenvalue weighted by Crippen LogP contribution is -2.32. The summed E-state index contributed by atoms with van der Waals surface area (Å²) in [5.41, 5.74) is 3.67. The Balaban J connectivity index is 2.18. The second-order valence-electron chi connectivity index (χ2n) is 3.52. The van der Waals surface area contributed by atoms with E-state index in [0.717, 1.165) is 0 Å². The van der Waals surface area contributed by atoms with Crippen molar-refractivity contribution in [3.05, 3.63) is 35.9 Å². The number of rotatable bonds is 0. The molecule has 0 aliphatic carbocycles. The van der Waals surface area contributed by atoms with Gasteiger partial charge in [0.1, 0.15) is 6.61 Å². The number of fused-ring (bicyclic) bond motifs is 3. The summed E-state index contributed by atoms with van der Waals surface area (Å²) in [5, 5.41) is 0. The molecule has 72 valence electrons. The van der Waals surface area contributed by atoms with Gasteiger partial charge in [-0.05, 0) is 12.1 Å². The van der Waals surface area contributed by atoms with E-state index in [0.29, 0.717) is 6.61 Å². The smallest absolute Gasteiger partial charge is 0.191 e. The molecule has 2 heterocycles. The number of para-hydroxylation sites is 1. The van der Waals surface area contributed by atoms with Crippen LogP contribution in [0.5, 0.6) is 0 Å². The highest BCUT2D eigenvalue weighted by Crippen LogP contribution is 2.40. The van der Waals surface area contributed by atoms with Crippen LogP contribution in [0.15, 0.2) is 30.3 Å². The summed E-state index contributed by atoms with van der Waals surface area (Å²) >= 11 is 0. The van der Waals surface area contributed by atoms with Crippen LogP contribution in [0.1, 0.15) is 5.56 Å². The molecule has 0 N–H and O–H groups in total. The molecule has 1 aromatic rings. The molecule has 2 aliphatic heterocycles. The monoisotopic (exact) mass is 189 g/mol. The molecule has 2 aliphatic rings. The van der Waals surface area contributed by atoms with Crippen molar-refractivity contribution in [2.45, 2.75) is 6.23 Å². The Morgan fingerprint density at radius 2 is 2.21 bits per heavy atom. The van der Waals surface area contributed by atoms with Crippen LogP contribution in [0, 0.1) is 0 Å². The molecular formula is C11H11NO2. The van der Waals surface area contributed by atoms with E-state index < -0.39 is 0 Å². The quantitative estimate of drug-likeness (QED) is 0.581. The van der Waals surface area contributed by atoms with Gasteiger partial charge in [0.2, 0.25) is 0 Å². The normalized spacial score (nSPS) is 24.2. The molecule has 0 saturated heterocycles. The molecule has 0 bridgehead atoms. The molecule has 0 amide bonds. The van der Waals surface area contributed by atoms with Gasteiger partial charge in [-0.25, -0.2) is 9.78 Å². The third-order valence-electron chi connectivity index (χ3n) is 2.74. The average molecular weight is 189 g/mol. The maximum absolute atomic E-state index is 5.25. The van der Waals surface area contributed by atoms with Crippen LogP contribution in [0.4, 0.5) is 5.69 Å². The SMILES string of the molecule is CN1c2ccccc2C2=CCOO[C@H]21. The standard InChI is InChI=1S/C11H11NO2/c1-12-10-5-3-2-4-8(10)9-6-7-13-14-11(9)12/h2-6,11H,7H2,1H3/t11-/m1/s1. The van der Waals surface area contributed by atoms with Gasteiger partial charge < -0.3 is 4.90 Å². The zero-order valence-corrected chi connectivity index (χ0v) is 7.93. The first-order chi connectivity index (χ1) is 6.88. The van der Waals surface area contributed by atoms with E-state index in [1.807, 2.05) is 19.2 Å². The number of hydrogen-bond acceptors (Lipinski definition) is 3. The number of hydrogen-bond donors (Lipinski definition) is 0. The predicted molar refractivity (Wildman–Crippen MR) is 53.6 cm³/mol. The van der Waals surface area contributed by atoms with Gasteiger partial charge in [0.15, 0.2) is 6.23 Å². The van der Waals surface area contributed by atoms with Crippen molar-refractivity contribution < 1.29 is 9.78 Å². The van der Waals surface area contributed by atoms with Crippen LogP contribution in [0.25, 0.3) is 5.57 Å². The minimum atomic E-state index is -0.0684. The molecule has 3 heteroatoms. The Morgan fingerprint density at radius 3 is 3.14 bits per heavy atom. The first kappa shape index (κ1) is 8.03. The fourth-order valence-corrected chi connectivity index (χ4v) is 2.05. The molecule has 0 saturated carbocycles. The van der Waals surface area contributed by atoms with Gasteiger partial charge in [-0.1, -0.05) is 18.2 Å². The van der Waals surface area contributed by atoms with Crippen LogP contribution < -0.4 is 4.90 Å². The van der Waals surface area contributed by atoms with E-state index in [1.165, 1.54) is 16.8 Å². The minimum Gasteiger partial charge on any atom is -0.342 e. The second kappa shape index (κ2) is 2.83. The van der Waals surface area contributed by atoms with Gasteiger partial charge in [0.05, 0.1) is 0 Å². The van der Waals surface area contributed by atoms with Gasteiger partial charge >= 0.3 is 0 Å². The lowest BCUT2D eigenvalue weighted by Gasteiger charge is -2.24. The van der Waals surface area contributed by atoms with Crippen molar-refractivity contribution in [1.29, 1.82) is 0 Å². The van der Waals surface area contributed by atoms with E-state index in [9.17, 15) is 0 Å².